The van der Waals surface area contributed by atoms with E-state index in [1.165, 1.54) is 33.5 Å². The van der Waals surface area contributed by atoms with Crippen molar-refractivity contribution in [1.29, 1.82) is 0 Å². The Bertz CT molecular complexity index is 1090. The van der Waals surface area contributed by atoms with E-state index in [4.69, 9.17) is 14.2 Å². The van der Waals surface area contributed by atoms with Crippen LogP contribution in [0.1, 0.15) is 22.8 Å². The summed E-state index contributed by atoms with van der Waals surface area (Å²) in [5, 5.41) is 0. The standard InChI is InChI=1S/C26H26F3NO4/c1-32-22-14-13-21(17-23(22)33-2)30(25(31)24(34-3)19-7-5-4-6-8-19)16-15-18-9-11-20(12-10-18)26(27,28)29/h4-14,17,24H,15-16H2,1-3H3/t24-/m0/s1. The van der Waals surface area contributed by atoms with Crippen molar-refractivity contribution >= 4 is 11.6 Å². The number of anilines is 1. The molecule has 1 amide bonds. The third kappa shape index (κ3) is 5.88. The Balaban J connectivity index is 1.92. The van der Waals surface area contributed by atoms with Crippen LogP contribution >= 0.6 is 0 Å². The summed E-state index contributed by atoms with van der Waals surface area (Å²) >= 11 is 0. The molecule has 0 aromatic heterocycles. The van der Waals surface area contributed by atoms with E-state index in [0.717, 1.165) is 12.1 Å². The van der Waals surface area contributed by atoms with Crippen molar-refractivity contribution < 1.29 is 32.2 Å². The first-order valence-electron chi connectivity index (χ1n) is 10.6. The van der Waals surface area contributed by atoms with Crippen molar-refractivity contribution in [3.8, 4) is 11.5 Å². The molecule has 0 spiro atoms. The van der Waals surface area contributed by atoms with Crippen molar-refractivity contribution in [2.75, 3.05) is 32.8 Å². The van der Waals surface area contributed by atoms with Gasteiger partial charge in [0.25, 0.3) is 5.91 Å². The lowest BCUT2D eigenvalue weighted by Gasteiger charge is -2.28. The molecule has 0 unspecified atom stereocenters. The molecule has 0 saturated carbocycles. The van der Waals surface area contributed by atoms with Crippen LogP contribution < -0.4 is 14.4 Å². The van der Waals surface area contributed by atoms with Gasteiger partial charge in [-0.3, -0.25) is 4.79 Å². The van der Waals surface area contributed by atoms with Crippen molar-refractivity contribution in [3.05, 3.63) is 89.5 Å². The molecule has 1 atom stereocenters. The van der Waals surface area contributed by atoms with Gasteiger partial charge in [0.2, 0.25) is 0 Å². The van der Waals surface area contributed by atoms with Crippen molar-refractivity contribution in [3.63, 3.8) is 0 Å². The molecule has 0 heterocycles. The van der Waals surface area contributed by atoms with Crippen LogP contribution in [0.2, 0.25) is 0 Å². The highest BCUT2D eigenvalue weighted by molar-refractivity contribution is 5.97. The molecule has 0 bridgehead atoms. The summed E-state index contributed by atoms with van der Waals surface area (Å²) in [4.78, 5) is 15.2. The van der Waals surface area contributed by atoms with Crippen LogP contribution in [-0.2, 0) is 22.1 Å². The van der Waals surface area contributed by atoms with E-state index in [1.807, 2.05) is 18.2 Å². The normalized spacial score (nSPS) is 12.2. The molecule has 0 radical (unpaired) electrons. The largest absolute Gasteiger partial charge is 0.493 e. The second kappa shape index (κ2) is 11.1. The molecular weight excluding hydrogens is 447 g/mol. The molecule has 34 heavy (non-hydrogen) atoms. The van der Waals surface area contributed by atoms with Gasteiger partial charge in [0.15, 0.2) is 17.6 Å². The maximum Gasteiger partial charge on any atom is 0.416 e. The number of amides is 1. The average Bonchev–Trinajstić information content (AvgIpc) is 2.85. The second-order valence-corrected chi connectivity index (χ2v) is 7.50. The van der Waals surface area contributed by atoms with Gasteiger partial charge in [-0.25, -0.2) is 0 Å². The first-order valence-corrected chi connectivity index (χ1v) is 10.6. The summed E-state index contributed by atoms with van der Waals surface area (Å²) in [6.45, 7) is 0.215. The fraction of sp³-hybridized carbons (Fsp3) is 0.269. The average molecular weight is 473 g/mol. The molecule has 5 nitrogen and oxygen atoms in total. The molecule has 3 rings (SSSR count). The maximum atomic E-state index is 13.6. The van der Waals surface area contributed by atoms with E-state index in [9.17, 15) is 18.0 Å². The third-order valence-electron chi connectivity index (χ3n) is 5.41. The van der Waals surface area contributed by atoms with Crippen LogP contribution in [0.15, 0.2) is 72.8 Å². The Labute approximate surface area is 196 Å². The molecular formula is C26H26F3NO4. The van der Waals surface area contributed by atoms with Gasteiger partial charge in [-0.1, -0.05) is 42.5 Å². The van der Waals surface area contributed by atoms with Gasteiger partial charge < -0.3 is 19.1 Å². The quantitative estimate of drug-likeness (QED) is 0.401. The second-order valence-electron chi connectivity index (χ2n) is 7.50. The van der Waals surface area contributed by atoms with Crippen LogP contribution in [0.25, 0.3) is 0 Å². The number of nitrogens with zero attached hydrogens (tertiary/aromatic N) is 1. The number of methoxy groups -OCH3 is 3. The summed E-state index contributed by atoms with van der Waals surface area (Å²) in [6.07, 6.45) is -4.92. The third-order valence-corrected chi connectivity index (χ3v) is 5.41. The van der Waals surface area contributed by atoms with E-state index in [1.54, 1.807) is 35.2 Å². The molecule has 3 aromatic rings. The van der Waals surface area contributed by atoms with Crippen LogP contribution in [-0.4, -0.2) is 33.8 Å². The van der Waals surface area contributed by atoms with Crippen LogP contribution in [0.4, 0.5) is 18.9 Å². The predicted octanol–water partition coefficient (Wildman–Crippen LogP) is 5.69. The first kappa shape index (κ1) is 25.1. The lowest BCUT2D eigenvalue weighted by molar-refractivity contribution is -0.137. The van der Waals surface area contributed by atoms with Gasteiger partial charge in [0, 0.05) is 25.4 Å². The Morgan fingerprint density at radius 3 is 2.09 bits per heavy atom. The molecule has 3 aromatic carbocycles. The lowest BCUT2D eigenvalue weighted by atomic mass is 10.1. The zero-order valence-corrected chi connectivity index (χ0v) is 19.1. The van der Waals surface area contributed by atoms with Crippen molar-refractivity contribution in [2.24, 2.45) is 0 Å². The number of halogens is 3. The monoisotopic (exact) mass is 473 g/mol. The van der Waals surface area contributed by atoms with E-state index < -0.39 is 17.8 Å². The number of hydrogen-bond donors (Lipinski definition) is 0. The molecule has 0 aliphatic rings. The Morgan fingerprint density at radius 1 is 0.882 bits per heavy atom. The van der Waals surface area contributed by atoms with Gasteiger partial charge in [-0.15, -0.1) is 0 Å². The Morgan fingerprint density at radius 2 is 1.53 bits per heavy atom. The lowest BCUT2D eigenvalue weighted by Crippen LogP contribution is -2.37. The summed E-state index contributed by atoms with van der Waals surface area (Å²) in [5.74, 6) is 0.640. The fourth-order valence-electron chi connectivity index (χ4n) is 3.61. The summed E-state index contributed by atoms with van der Waals surface area (Å²) < 4.78 is 54.9. The molecule has 8 heteroatoms. The summed E-state index contributed by atoms with van der Waals surface area (Å²) in [6, 6.07) is 19.1. The molecule has 0 aliphatic heterocycles. The Hall–Kier alpha value is -3.52. The predicted molar refractivity (Wildman–Crippen MR) is 123 cm³/mol. The maximum absolute atomic E-state index is 13.6. The van der Waals surface area contributed by atoms with E-state index in [2.05, 4.69) is 0 Å². The topological polar surface area (TPSA) is 48.0 Å². The van der Waals surface area contributed by atoms with Gasteiger partial charge in [0.1, 0.15) is 0 Å². The highest BCUT2D eigenvalue weighted by Crippen LogP contribution is 2.33. The summed E-state index contributed by atoms with van der Waals surface area (Å²) in [5.41, 5.74) is 1.19. The van der Waals surface area contributed by atoms with Crippen LogP contribution in [0.5, 0.6) is 11.5 Å². The molecule has 0 N–H and O–H groups in total. The van der Waals surface area contributed by atoms with Gasteiger partial charge >= 0.3 is 6.18 Å². The number of alkyl halides is 3. The number of carbonyl (C=O) groups is 1. The number of rotatable bonds is 9. The fourth-order valence-corrected chi connectivity index (χ4v) is 3.61. The van der Waals surface area contributed by atoms with Gasteiger partial charge in [-0.05, 0) is 41.8 Å². The van der Waals surface area contributed by atoms with Gasteiger partial charge in [0.05, 0.1) is 19.8 Å². The minimum absolute atomic E-state index is 0.215. The van der Waals surface area contributed by atoms with E-state index in [0.29, 0.717) is 34.7 Å². The molecule has 180 valence electrons. The van der Waals surface area contributed by atoms with Crippen LogP contribution in [0, 0.1) is 0 Å². The minimum atomic E-state index is -4.40. The molecule has 0 saturated heterocycles. The number of hydrogen-bond acceptors (Lipinski definition) is 4. The number of benzene rings is 3. The highest BCUT2D eigenvalue weighted by atomic mass is 19.4. The SMILES string of the molecule is COc1ccc(N(CCc2ccc(C(F)(F)F)cc2)C(=O)[C@@H](OC)c2ccccc2)cc1OC. The molecule has 0 aliphatic carbocycles. The minimum Gasteiger partial charge on any atom is -0.493 e. The van der Waals surface area contributed by atoms with Crippen molar-refractivity contribution in [1.82, 2.24) is 0 Å². The van der Waals surface area contributed by atoms with Crippen LogP contribution in [0.3, 0.4) is 0 Å². The van der Waals surface area contributed by atoms with Gasteiger partial charge in [-0.2, -0.15) is 13.2 Å². The summed E-state index contributed by atoms with van der Waals surface area (Å²) in [7, 11) is 4.47. The number of carbonyl (C=O) groups excluding carboxylic acids is 1. The number of ether oxygens (including phenoxy) is 3. The van der Waals surface area contributed by atoms with E-state index >= 15 is 0 Å². The zero-order valence-electron chi connectivity index (χ0n) is 19.1. The smallest absolute Gasteiger partial charge is 0.416 e. The molecule has 0 fully saturated rings. The van der Waals surface area contributed by atoms with E-state index in [-0.39, 0.29) is 12.5 Å². The zero-order chi connectivity index (χ0) is 24.7. The highest BCUT2D eigenvalue weighted by Gasteiger charge is 2.30. The Kier molecular flexibility index (Phi) is 8.17. The first-order chi connectivity index (χ1) is 16.3. The van der Waals surface area contributed by atoms with Crippen molar-refractivity contribution in [2.45, 2.75) is 18.7 Å².